The summed E-state index contributed by atoms with van der Waals surface area (Å²) >= 11 is 1.70. The molecule has 0 aromatic heterocycles. The lowest BCUT2D eigenvalue weighted by molar-refractivity contribution is 0.0951. The summed E-state index contributed by atoms with van der Waals surface area (Å²) in [6.07, 6.45) is 0.967. The van der Waals surface area contributed by atoms with E-state index in [4.69, 9.17) is 0 Å². The number of hydrogen-bond donors (Lipinski definition) is 1. The molecule has 0 heterocycles. The quantitative estimate of drug-likeness (QED) is 0.778. The zero-order valence-corrected chi connectivity index (χ0v) is 10.1. The number of benzene rings is 1. The van der Waals surface area contributed by atoms with Crippen LogP contribution in [0.4, 0.5) is 0 Å². The Labute approximate surface area is 95.5 Å². The first-order chi connectivity index (χ1) is 7.29. The fraction of sp³-hybridized carbons (Fsp3) is 0.417. The lowest BCUT2D eigenvalue weighted by Gasteiger charge is -2.08. The van der Waals surface area contributed by atoms with Crippen LogP contribution in [-0.2, 0) is 0 Å². The van der Waals surface area contributed by atoms with Crippen LogP contribution in [0.1, 0.15) is 30.6 Å². The highest BCUT2D eigenvalue weighted by Gasteiger charge is 2.09. The van der Waals surface area contributed by atoms with Crippen LogP contribution in [0.3, 0.4) is 0 Å². The van der Waals surface area contributed by atoms with Crippen molar-refractivity contribution in [1.82, 2.24) is 5.32 Å². The smallest absolute Gasteiger partial charge is 0.252 e. The molecule has 0 saturated heterocycles. The predicted octanol–water partition coefficient (Wildman–Crippen LogP) is 2.94. The molecule has 15 heavy (non-hydrogen) atoms. The van der Waals surface area contributed by atoms with E-state index in [1.54, 1.807) is 11.8 Å². The van der Waals surface area contributed by atoms with Gasteiger partial charge in [-0.25, -0.2) is 0 Å². The highest BCUT2D eigenvalue weighted by Crippen LogP contribution is 2.21. The number of amides is 1. The minimum absolute atomic E-state index is 0.0356. The van der Waals surface area contributed by atoms with Gasteiger partial charge in [0.05, 0.1) is 5.56 Å². The first kappa shape index (κ1) is 12.1. The van der Waals surface area contributed by atoms with E-state index in [1.165, 1.54) is 0 Å². The summed E-state index contributed by atoms with van der Waals surface area (Å²) in [7, 11) is 0. The van der Waals surface area contributed by atoms with Gasteiger partial charge in [0.1, 0.15) is 0 Å². The molecular formula is C12H17NOS. The standard InChI is InChI=1S/C12H17NOS/c1-3-9-13-12(14)10-7-5-6-8-11(10)15-4-2/h5-8H,3-4,9H2,1-2H3,(H,13,14). The molecule has 0 fully saturated rings. The molecule has 0 aliphatic carbocycles. The summed E-state index contributed by atoms with van der Waals surface area (Å²) in [5.74, 6) is 1.02. The molecule has 1 amide bonds. The van der Waals surface area contributed by atoms with Crippen LogP contribution in [0.2, 0.25) is 0 Å². The summed E-state index contributed by atoms with van der Waals surface area (Å²) in [5, 5.41) is 2.90. The average Bonchev–Trinajstić information content (AvgIpc) is 2.27. The first-order valence-corrected chi connectivity index (χ1v) is 6.28. The Hall–Kier alpha value is -0.960. The van der Waals surface area contributed by atoms with E-state index < -0.39 is 0 Å². The molecule has 3 heteroatoms. The Morgan fingerprint density at radius 3 is 2.73 bits per heavy atom. The first-order valence-electron chi connectivity index (χ1n) is 5.29. The van der Waals surface area contributed by atoms with Gasteiger partial charge in [0.2, 0.25) is 0 Å². The Bertz CT molecular complexity index is 325. The van der Waals surface area contributed by atoms with Gasteiger partial charge in [0.15, 0.2) is 0 Å². The number of hydrogen-bond acceptors (Lipinski definition) is 2. The van der Waals surface area contributed by atoms with Gasteiger partial charge in [-0.15, -0.1) is 11.8 Å². The van der Waals surface area contributed by atoms with Crippen LogP contribution in [0, 0.1) is 0 Å². The molecule has 1 rings (SSSR count). The molecule has 1 aromatic carbocycles. The van der Waals surface area contributed by atoms with Crippen LogP contribution in [0.25, 0.3) is 0 Å². The number of nitrogens with one attached hydrogen (secondary N) is 1. The van der Waals surface area contributed by atoms with E-state index in [0.29, 0.717) is 0 Å². The van der Waals surface area contributed by atoms with Crippen molar-refractivity contribution >= 4 is 17.7 Å². The SMILES string of the molecule is CCCNC(=O)c1ccccc1SCC. The molecule has 2 nitrogen and oxygen atoms in total. The molecule has 0 spiro atoms. The number of carbonyl (C=O) groups excluding carboxylic acids is 1. The Balaban J connectivity index is 2.77. The van der Waals surface area contributed by atoms with E-state index in [1.807, 2.05) is 31.2 Å². The maximum atomic E-state index is 11.8. The monoisotopic (exact) mass is 223 g/mol. The van der Waals surface area contributed by atoms with E-state index >= 15 is 0 Å². The molecule has 82 valence electrons. The van der Waals surface area contributed by atoms with Gasteiger partial charge in [-0.2, -0.15) is 0 Å². The third-order valence-electron chi connectivity index (χ3n) is 1.97. The topological polar surface area (TPSA) is 29.1 Å². The second kappa shape index (κ2) is 6.51. The molecular weight excluding hydrogens is 206 g/mol. The molecule has 1 N–H and O–H groups in total. The van der Waals surface area contributed by atoms with Crippen molar-refractivity contribution in [3.63, 3.8) is 0 Å². The van der Waals surface area contributed by atoms with Crippen molar-refractivity contribution in [1.29, 1.82) is 0 Å². The van der Waals surface area contributed by atoms with Gasteiger partial charge in [0, 0.05) is 11.4 Å². The molecule has 0 unspecified atom stereocenters. The average molecular weight is 223 g/mol. The van der Waals surface area contributed by atoms with Gasteiger partial charge in [-0.1, -0.05) is 26.0 Å². The summed E-state index contributed by atoms with van der Waals surface area (Å²) in [5.41, 5.74) is 0.790. The lowest BCUT2D eigenvalue weighted by atomic mass is 10.2. The second-order valence-corrected chi connectivity index (χ2v) is 4.49. The maximum absolute atomic E-state index is 11.8. The fourth-order valence-electron chi connectivity index (χ4n) is 1.27. The largest absolute Gasteiger partial charge is 0.352 e. The van der Waals surface area contributed by atoms with Gasteiger partial charge in [-0.05, 0) is 24.3 Å². The molecule has 0 aliphatic rings. The van der Waals surface area contributed by atoms with E-state index in [2.05, 4.69) is 12.2 Å². The van der Waals surface area contributed by atoms with Crippen LogP contribution in [0.5, 0.6) is 0 Å². The second-order valence-electron chi connectivity index (χ2n) is 3.19. The van der Waals surface area contributed by atoms with E-state index in [0.717, 1.165) is 29.2 Å². The predicted molar refractivity (Wildman–Crippen MR) is 65.5 cm³/mol. The van der Waals surface area contributed by atoms with Crippen molar-refractivity contribution in [3.05, 3.63) is 29.8 Å². The highest BCUT2D eigenvalue weighted by atomic mass is 32.2. The van der Waals surface area contributed by atoms with Crippen LogP contribution in [0.15, 0.2) is 29.2 Å². The summed E-state index contributed by atoms with van der Waals surface area (Å²) in [4.78, 5) is 12.8. The van der Waals surface area contributed by atoms with Crippen molar-refractivity contribution in [3.8, 4) is 0 Å². The van der Waals surface area contributed by atoms with E-state index in [-0.39, 0.29) is 5.91 Å². The Kier molecular flexibility index (Phi) is 5.26. The molecule has 0 bridgehead atoms. The van der Waals surface area contributed by atoms with Crippen LogP contribution in [-0.4, -0.2) is 18.2 Å². The fourth-order valence-corrected chi connectivity index (χ4v) is 2.07. The number of rotatable bonds is 5. The molecule has 0 atom stereocenters. The van der Waals surface area contributed by atoms with Crippen LogP contribution >= 0.6 is 11.8 Å². The van der Waals surface area contributed by atoms with Crippen molar-refractivity contribution in [2.45, 2.75) is 25.2 Å². The molecule has 0 aliphatic heterocycles. The molecule has 0 saturated carbocycles. The van der Waals surface area contributed by atoms with Gasteiger partial charge in [-0.3, -0.25) is 4.79 Å². The van der Waals surface area contributed by atoms with E-state index in [9.17, 15) is 4.79 Å². The summed E-state index contributed by atoms with van der Waals surface area (Å²) in [6.45, 7) is 4.88. The Morgan fingerprint density at radius 1 is 1.33 bits per heavy atom. The normalized spacial score (nSPS) is 10.0. The third-order valence-corrected chi connectivity index (χ3v) is 2.92. The lowest BCUT2D eigenvalue weighted by Crippen LogP contribution is -2.24. The van der Waals surface area contributed by atoms with Crippen molar-refractivity contribution in [2.24, 2.45) is 0 Å². The minimum atomic E-state index is 0.0356. The Morgan fingerprint density at radius 2 is 2.07 bits per heavy atom. The van der Waals surface area contributed by atoms with Crippen molar-refractivity contribution in [2.75, 3.05) is 12.3 Å². The number of thioether (sulfide) groups is 1. The number of carbonyl (C=O) groups is 1. The maximum Gasteiger partial charge on any atom is 0.252 e. The van der Waals surface area contributed by atoms with Crippen molar-refractivity contribution < 1.29 is 4.79 Å². The van der Waals surface area contributed by atoms with Gasteiger partial charge < -0.3 is 5.32 Å². The van der Waals surface area contributed by atoms with Crippen LogP contribution < -0.4 is 5.32 Å². The zero-order chi connectivity index (χ0) is 11.1. The zero-order valence-electron chi connectivity index (χ0n) is 9.25. The molecule has 1 aromatic rings. The summed E-state index contributed by atoms with van der Waals surface area (Å²) in [6, 6.07) is 7.74. The highest BCUT2D eigenvalue weighted by molar-refractivity contribution is 7.99. The molecule has 0 radical (unpaired) electrons. The van der Waals surface area contributed by atoms with Gasteiger partial charge in [0.25, 0.3) is 5.91 Å². The van der Waals surface area contributed by atoms with Gasteiger partial charge >= 0.3 is 0 Å². The third kappa shape index (κ3) is 3.59. The summed E-state index contributed by atoms with van der Waals surface area (Å²) < 4.78 is 0. The minimum Gasteiger partial charge on any atom is -0.352 e.